The van der Waals surface area contributed by atoms with Crippen LogP contribution in [-0.4, -0.2) is 25.3 Å². The van der Waals surface area contributed by atoms with Crippen LogP contribution >= 0.6 is 11.8 Å². The minimum atomic E-state index is 0.898. The van der Waals surface area contributed by atoms with E-state index in [1.54, 1.807) is 6.33 Å². The van der Waals surface area contributed by atoms with Crippen molar-refractivity contribution in [3.63, 3.8) is 0 Å². The Hall–Kier alpha value is -1.10. The van der Waals surface area contributed by atoms with Crippen LogP contribution in [-0.2, 0) is 6.54 Å². The molecule has 0 fully saturated rings. The molecule has 2 aromatic rings. The molecule has 0 radical (unpaired) electrons. The third-order valence-corrected chi connectivity index (χ3v) is 4.51. The molecule has 2 rings (SSSR count). The highest BCUT2D eigenvalue weighted by molar-refractivity contribution is 7.99. The number of aromatic nitrogens is 4. The minimum Gasteiger partial charge on any atom is -0.315 e. The highest BCUT2D eigenvalue weighted by Crippen LogP contribution is 2.24. The van der Waals surface area contributed by atoms with Crippen molar-refractivity contribution >= 4 is 22.9 Å². The first-order chi connectivity index (χ1) is 9.86. The highest BCUT2D eigenvalue weighted by atomic mass is 32.2. The SMILES string of the molecule is CCCCCCCCSc1ncnc2c1ncn2CC. The highest BCUT2D eigenvalue weighted by Gasteiger charge is 2.09. The Kier molecular flexibility index (Phi) is 6.30. The van der Waals surface area contributed by atoms with E-state index in [4.69, 9.17) is 0 Å². The van der Waals surface area contributed by atoms with Crippen LogP contribution in [0.3, 0.4) is 0 Å². The lowest BCUT2D eigenvalue weighted by Crippen LogP contribution is -1.94. The summed E-state index contributed by atoms with van der Waals surface area (Å²) in [5.41, 5.74) is 1.90. The van der Waals surface area contributed by atoms with Gasteiger partial charge in [0.1, 0.15) is 16.9 Å². The van der Waals surface area contributed by atoms with Gasteiger partial charge < -0.3 is 4.57 Å². The van der Waals surface area contributed by atoms with Crippen LogP contribution in [0, 0.1) is 0 Å². The first-order valence-corrected chi connectivity index (χ1v) is 8.64. The average Bonchev–Trinajstić information content (AvgIpc) is 2.90. The molecule has 0 aliphatic rings. The fourth-order valence-electron chi connectivity index (χ4n) is 2.25. The Bertz CT molecular complexity index is 524. The zero-order valence-electron chi connectivity index (χ0n) is 12.5. The van der Waals surface area contributed by atoms with E-state index in [0.29, 0.717) is 0 Å². The summed E-state index contributed by atoms with van der Waals surface area (Å²) in [6.07, 6.45) is 11.5. The zero-order valence-corrected chi connectivity index (χ0v) is 13.3. The van der Waals surface area contributed by atoms with E-state index in [-0.39, 0.29) is 0 Å². The topological polar surface area (TPSA) is 43.6 Å². The number of hydrogen-bond donors (Lipinski definition) is 0. The molecule has 5 heteroatoms. The number of thioether (sulfide) groups is 1. The largest absolute Gasteiger partial charge is 0.315 e. The molecule has 2 heterocycles. The van der Waals surface area contributed by atoms with Crippen molar-refractivity contribution in [1.29, 1.82) is 0 Å². The van der Waals surface area contributed by atoms with Crippen molar-refractivity contribution in [3.05, 3.63) is 12.7 Å². The van der Waals surface area contributed by atoms with Gasteiger partial charge in [0, 0.05) is 6.54 Å². The first-order valence-electron chi connectivity index (χ1n) is 7.65. The second-order valence-corrected chi connectivity index (χ2v) is 6.08. The molecule has 0 amide bonds. The van der Waals surface area contributed by atoms with Crippen LogP contribution in [0.4, 0.5) is 0 Å². The molecule has 0 aromatic carbocycles. The quantitative estimate of drug-likeness (QED) is 0.393. The molecule has 20 heavy (non-hydrogen) atoms. The molecular weight excluding hydrogens is 268 g/mol. The molecule has 4 nitrogen and oxygen atoms in total. The lowest BCUT2D eigenvalue weighted by atomic mass is 10.1. The fraction of sp³-hybridized carbons (Fsp3) is 0.667. The molecule has 0 atom stereocenters. The third kappa shape index (κ3) is 3.95. The van der Waals surface area contributed by atoms with Gasteiger partial charge in [0.2, 0.25) is 0 Å². The van der Waals surface area contributed by atoms with Crippen LogP contribution < -0.4 is 0 Å². The predicted molar refractivity (Wildman–Crippen MR) is 85.1 cm³/mol. The van der Waals surface area contributed by atoms with E-state index < -0.39 is 0 Å². The van der Waals surface area contributed by atoms with Crippen LogP contribution in [0.2, 0.25) is 0 Å². The smallest absolute Gasteiger partial charge is 0.164 e. The first kappa shape index (κ1) is 15.3. The average molecular weight is 292 g/mol. The summed E-state index contributed by atoms with van der Waals surface area (Å²) in [6.45, 7) is 5.26. The number of hydrogen-bond acceptors (Lipinski definition) is 4. The molecular formula is C15H24N4S. The van der Waals surface area contributed by atoms with Crippen LogP contribution in [0.25, 0.3) is 11.2 Å². The van der Waals surface area contributed by atoms with Gasteiger partial charge in [-0.05, 0) is 19.1 Å². The number of aryl methyl sites for hydroxylation is 1. The van der Waals surface area contributed by atoms with Crippen LogP contribution in [0.15, 0.2) is 17.7 Å². The Labute approximate surface area is 125 Å². The van der Waals surface area contributed by atoms with Crippen molar-refractivity contribution in [2.24, 2.45) is 0 Å². The number of rotatable bonds is 9. The van der Waals surface area contributed by atoms with Gasteiger partial charge in [-0.2, -0.15) is 0 Å². The molecule has 0 N–H and O–H groups in total. The molecule has 0 spiro atoms. The summed E-state index contributed by atoms with van der Waals surface area (Å²) in [5, 5.41) is 1.02. The summed E-state index contributed by atoms with van der Waals surface area (Å²) in [5.74, 6) is 1.12. The van der Waals surface area contributed by atoms with Crippen molar-refractivity contribution in [2.75, 3.05) is 5.75 Å². The van der Waals surface area contributed by atoms with E-state index in [1.165, 1.54) is 38.5 Å². The number of fused-ring (bicyclic) bond motifs is 1. The second kappa shape index (κ2) is 8.25. The van der Waals surface area contributed by atoms with Crippen molar-refractivity contribution in [1.82, 2.24) is 19.5 Å². The molecule has 0 aliphatic heterocycles. The molecule has 110 valence electrons. The Morgan fingerprint density at radius 3 is 2.60 bits per heavy atom. The Morgan fingerprint density at radius 2 is 1.80 bits per heavy atom. The normalized spacial score (nSPS) is 11.3. The molecule has 0 bridgehead atoms. The van der Waals surface area contributed by atoms with Gasteiger partial charge in [-0.1, -0.05) is 39.0 Å². The van der Waals surface area contributed by atoms with Crippen molar-refractivity contribution in [3.8, 4) is 0 Å². The Balaban J connectivity index is 1.83. The van der Waals surface area contributed by atoms with Gasteiger partial charge in [-0.15, -0.1) is 11.8 Å². The van der Waals surface area contributed by atoms with Crippen molar-refractivity contribution < 1.29 is 0 Å². The van der Waals surface area contributed by atoms with Gasteiger partial charge >= 0.3 is 0 Å². The van der Waals surface area contributed by atoms with E-state index in [2.05, 4.69) is 33.4 Å². The number of unbranched alkanes of at least 4 members (excludes halogenated alkanes) is 5. The molecule has 0 saturated carbocycles. The van der Waals surface area contributed by atoms with Gasteiger partial charge in [-0.25, -0.2) is 15.0 Å². The number of nitrogens with zero attached hydrogens (tertiary/aromatic N) is 4. The zero-order chi connectivity index (χ0) is 14.2. The number of imidazole rings is 1. The van der Waals surface area contributed by atoms with E-state index >= 15 is 0 Å². The summed E-state index contributed by atoms with van der Waals surface area (Å²) in [7, 11) is 0. The Morgan fingerprint density at radius 1 is 1.00 bits per heavy atom. The monoisotopic (exact) mass is 292 g/mol. The molecule has 2 aromatic heterocycles. The minimum absolute atomic E-state index is 0.898. The van der Waals surface area contributed by atoms with Gasteiger partial charge in [0.05, 0.1) is 6.33 Å². The van der Waals surface area contributed by atoms with Gasteiger partial charge in [0.25, 0.3) is 0 Å². The summed E-state index contributed by atoms with van der Waals surface area (Å²) in [6, 6.07) is 0. The lowest BCUT2D eigenvalue weighted by Gasteiger charge is -2.03. The van der Waals surface area contributed by atoms with Gasteiger partial charge in [-0.3, -0.25) is 0 Å². The summed E-state index contributed by atoms with van der Waals surface area (Å²) < 4.78 is 2.06. The maximum absolute atomic E-state index is 4.45. The fourth-order valence-corrected chi connectivity index (χ4v) is 3.19. The molecule has 0 aliphatic carbocycles. The predicted octanol–water partition coefficient (Wildman–Crippen LogP) is 4.30. The standard InChI is InChI=1S/C15H24N4S/c1-3-5-6-7-8-9-10-20-15-13-14(16-11-17-15)19(4-2)12-18-13/h11-12H,3-10H2,1-2H3. The molecule has 0 unspecified atom stereocenters. The molecule has 0 saturated heterocycles. The lowest BCUT2D eigenvalue weighted by molar-refractivity contribution is 0.627. The second-order valence-electron chi connectivity index (χ2n) is 5.00. The van der Waals surface area contributed by atoms with E-state index in [0.717, 1.165) is 28.5 Å². The van der Waals surface area contributed by atoms with E-state index in [9.17, 15) is 0 Å². The van der Waals surface area contributed by atoms with Crippen molar-refractivity contribution in [2.45, 2.75) is 63.9 Å². The maximum Gasteiger partial charge on any atom is 0.164 e. The van der Waals surface area contributed by atoms with Gasteiger partial charge in [0.15, 0.2) is 5.65 Å². The maximum atomic E-state index is 4.45. The van der Waals surface area contributed by atoms with Crippen LogP contribution in [0.5, 0.6) is 0 Å². The summed E-state index contributed by atoms with van der Waals surface area (Å²) >= 11 is 1.81. The summed E-state index contributed by atoms with van der Waals surface area (Å²) in [4.78, 5) is 13.2. The van der Waals surface area contributed by atoms with E-state index in [1.807, 2.05) is 18.1 Å². The van der Waals surface area contributed by atoms with Crippen LogP contribution in [0.1, 0.15) is 52.4 Å². The third-order valence-electron chi connectivity index (χ3n) is 3.45.